The highest BCUT2D eigenvalue weighted by Gasteiger charge is 2.27. The predicted octanol–water partition coefficient (Wildman–Crippen LogP) is 1.77. The van der Waals surface area contributed by atoms with E-state index in [4.69, 9.17) is 0 Å². The quantitative estimate of drug-likeness (QED) is 0.831. The summed E-state index contributed by atoms with van der Waals surface area (Å²) in [5.74, 6) is 3.71. The van der Waals surface area contributed by atoms with Crippen molar-refractivity contribution >= 4 is 11.8 Å². The average molecular weight is 296 g/mol. The average Bonchev–Trinajstić information content (AvgIpc) is 2.86. The summed E-state index contributed by atoms with van der Waals surface area (Å²) in [6.07, 6.45) is 7.35. The van der Waals surface area contributed by atoms with E-state index in [1.54, 1.807) is 0 Å². The third-order valence-electron chi connectivity index (χ3n) is 4.16. The summed E-state index contributed by atoms with van der Waals surface area (Å²) in [6, 6.07) is 1.23. The largest absolute Gasteiger partial charge is 0.338 e. The molecule has 1 aromatic rings. The van der Waals surface area contributed by atoms with Gasteiger partial charge in [0.25, 0.3) is 0 Å². The molecule has 20 heavy (non-hydrogen) atoms. The van der Waals surface area contributed by atoms with Gasteiger partial charge in [-0.25, -0.2) is 4.98 Å². The Kier molecular flexibility index (Phi) is 6.39. The van der Waals surface area contributed by atoms with Gasteiger partial charge < -0.3 is 14.8 Å². The summed E-state index contributed by atoms with van der Waals surface area (Å²) < 4.78 is 2.14. The number of nitrogens with zero attached hydrogens (tertiary/aromatic N) is 3. The lowest BCUT2D eigenvalue weighted by molar-refractivity contribution is 0.207. The van der Waals surface area contributed by atoms with Crippen LogP contribution in [-0.2, 0) is 13.5 Å². The second-order valence-corrected chi connectivity index (χ2v) is 6.83. The minimum atomic E-state index is 0.574. The molecule has 1 aromatic heterocycles. The molecule has 0 amide bonds. The molecule has 0 radical (unpaired) electrons. The minimum absolute atomic E-state index is 0.574. The zero-order valence-corrected chi connectivity index (χ0v) is 13.8. The van der Waals surface area contributed by atoms with Crippen molar-refractivity contribution in [3.8, 4) is 0 Å². The molecule has 0 aliphatic carbocycles. The fourth-order valence-electron chi connectivity index (χ4n) is 2.81. The van der Waals surface area contributed by atoms with Gasteiger partial charge in [0.05, 0.1) is 0 Å². The molecule has 0 bridgehead atoms. The highest BCUT2D eigenvalue weighted by Crippen LogP contribution is 2.20. The molecule has 114 valence electrons. The normalized spacial score (nSPS) is 22.1. The van der Waals surface area contributed by atoms with Crippen molar-refractivity contribution in [3.63, 3.8) is 0 Å². The molecule has 2 heterocycles. The van der Waals surface area contributed by atoms with Crippen molar-refractivity contribution in [2.24, 2.45) is 7.05 Å². The van der Waals surface area contributed by atoms with E-state index in [-0.39, 0.29) is 0 Å². The first-order valence-corrected chi connectivity index (χ1v) is 8.85. The van der Waals surface area contributed by atoms with Crippen LogP contribution >= 0.6 is 11.8 Å². The second kappa shape index (κ2) is 8.05. The maximum absolute atomic E-state index is 4.45. The number of aromatic nitrogens is 2. The van der Waals surface area contributed by atoms with E-state index in [2.05, 4.69) is 52.5 Å². The van der Waals surface area contributed by atoms with Crippen LogP contribution in [0, 0.1) is 0 Å². The van der Waals surface area contributed by atoms with Gasteiger partial charge in [-0.15, -0.1) is 0 Å². The molecule has 2 unspecified atom stereocenters. The first-order valence-electron chi connectivity index (χ1n) is 7.70. The summed E-state index contributed by atoms with van der Waals surface area (Å²) >= 11 is 2.09. The van der Waals surface area contributed by atoms with Crippen LogP contribution in [0.4, 0.5) is 0 Å². The van der Waals surface area contributed by atoms with Crippen LogP contribution in [0.5, 0.6) is 0 Å². The summed E-state index contributed by atoms with van der Waals surface area (Å²) in [7, 11) is 4.35. The van der Waals surface area contributed by atoms with Crippen LogP contribution in [0.25, 0.3) is 0 Å². The summed E-state index contributed by atoms with van der Waals surface area (Å²) in [4.78, 5) is 6.98. The van der Waals surface area contributed by atoms with Crippen molar-refractivity contribution in [1.82, 2.24) is 19.8 Å². The van der Waals surface area contributed by atoms with Crippen LogP contribution in [-0.4, -0.2) is 58.2 Å². The Balaban J connectivity index is 1.93. The van der Waals surface area contributed by atoms with Crippen molar-refractivity contribution < 1.29 is 0 Å². The van der Waals surface area contributed by atoms with Gasteiger partial charge in [0.2, 0.25) is 0 Å². The number of nitrogens with one attached hydrogen (secondary N) is 1. The number of likely N-dealkylation sites (N-methyl/N-ethyl adjacent to an activating group) is 1. The lowest BCUT2D eigenvalue weighted by Gasteiger charge is -2.38. The molecule has 1 fully saturated rings. The minimum Gasteiger partial charge on any atom is -0.338 e. The lowest BCUT2D eigenvalue weighted by atomic mass is 10.0. The highest BCUT2D eigenvalue weighted by atomic mass is 32.2. The van der Waals surface area contributed by atoms with Gasteiger partial charge in [-0.3, -0.25) is 0 Å². The SMILES string of the molecule is CCCNC(CCc1nccn1C)C1CSCCN1C. The molecule has 2 rings (SSSR count). The van der Waals surface area contributed by atoms with Gasteiger partial charge in [0, 0.05) is 56.0 Å². The number of thioether (sulfide) groups is 1. The fourth-order valence-corrected chi connectivity index (χ4v) is 4.12. The molecular formula is C15H28N4S. The van der Waals surface area contributed by atoms with E-state index in [1.165, 1.54) is 36.7 Å². The molecule has 5 heteroatoms. The molecule has 2 atom stereocenters. The van der Waals surface area contributed by atoms with Gasteiger partial charge >= 0.3 is 0 Å². The number of hydrogen-bond donors (Lipinski definition) is 1. The van der Waals surface area contributed by atoms with Crippen LogP contribution in [0.2, 0.25) is 0 Å². The maximum atomic E-state index is 4.45. The van der Waals surface area contributed by atoms with Crippen LogP contribution in [0.1, 0.15) is 25.6 Å². The maximum Gasteiger partial charge on any atom is 0.108 e. The number of aryl methyl sites for hydroxylation is 2. The third kappa shape index (κ3) is 4.24. The molecule has 0 saturated carbocycles. The van der Waals surface area contributed by atoms with E-state index >= 15 is 0 Å². The second-order valence-electron chi connectivity index (χ2n) is 5.68. The summed E-state index contributed by atoms with van der Waals surface area (Å²) in [5, 5.41) is 3.76. The molecule has 1 saturated heterocycles. The van der Waals surface area contributed by atoms with E-state index < -0.39 is 0 Å². The Hall–Kier alpha value is -0.520. The first-order chi connectivity index (χ1) is 9.72. The molecule has 1 N–H and O–H groups in total. The van der Waals surface area contributed by atoms with E-state index in [0.29, 0.717) is 12.1 Å². The van der Waals surface area contributed by atoms with Gasteiger partial charge in [-0.1, -0.05) is 6.92 Å². The molecule has 0 spiro atoms. The van der Waals surface area contributed by atoms with Gasteiger partial charge in [-0.2, -0.15) is 11.8 Å². The van der Waals surface area contributed by atoms with Gasteiger partial charge in [-0.05, 0) is 26.4 Å². The van der Waals surface area contributed by atoms with Crippen molar-refractivity contribution in [2.45, 2.75) is 38.3 Å². The molecular weight excluding hydrogens is 268 g/mol. The van der Waals surface area contributed by atoms with E-state index in [0.717, 1.165) is 13.0 Å². The van der Waals surface area contributed by atoms with Crippen LogP contribution < -0.4 is 5.32 Å². The fraction of sp³-hybridized carbons (Fsp3) is 0.800. The smallest absolute Gasteiger partial charge is 0.108 e. The van der Waals surface area contributed by atoms with E-state index in [1.807, 2.05) is 12.4 Å². The zero-order valence-electron chi connectivity index (χ0n) is 13.0. The lowest BCUT2D eigenvalue weighted by Crippen LogP contribution is -2.53. The van der Waals surface area contributed by atoms with Crippen molar-refractivity contribution in [2.75, 3.05) is 31.6 Å². The predicted molar refractivity (Wildman–Crippen MR) is 87.4 cm³/mol. The third-order valence-corrected chi connectivity index (χ3v) is 5.21. The van der Waals surface area contributed by atoms with Gasteiger partial charge in [0.15, 0.2) is 0 Å². The number of rotatable bonds is 7. The van der Waals surface area contributed by atoms with E-state index in [9.17, 15) is 0 Å². The Morgan fingerprint density at radius 1 is 1.50 bits per heavy atom. The Labute approximate surface area is 127 Å². The Bertz CT molecular complexity index is 393. The van der Waals surface area contributed by atoms with Crippen LogP contribution in [0.15, 0.2) is 12.4 Å². The van der Waals surface area contributed by atoms with Crippen molar-refractivity contribution in [3.05, 3.63) is 18.2 Å². The van der Waals surface area contributed by atoms with Crippen molar-refractivity contribution in [1.29, 1.82) is 0 Å². The molecule has 1 aliphatic rings. The van der Waals surface area contributed by atoms with Gasteiger partial charge in [0.1, 0.15) is 5.82 Å². The zero-order chi connectivity index (χ0) is 14.4. The standard InChI is InChI=1S/C15H28N4S/c1-4-7-16-13(14-12-20-11-10-18(14)2)5-6-15-17-8-9-19(15)3/h8-9,13-14,16H,4-7,10-12H2,1-3H3. The summed E-state index contributed by atoms with van der Waals surface area (Å²) in [6.45, 7) is 4.56. The number of hydrogen-bond acceptors (Lipinski definition) is 4. The number of imidazole rings is 1. The Morgan fingerprint density at radius 2 is 2.35 bits per heavy atom. The molecule has 4 nitrogen and oxygen atoms in total. The topological polar surface area (TPSA) is 33.1 Å². The summed E-state index contributed by atoms with van der Waals surface area (Å²) in [5.41, 5.74) is 0. The monoisotopic (exact) mass is 296 g/mol. The van der Waals surface area contributed by atoms with Crippen LogP contribution in [0.3, 0.4) is 0 Å². The molecule has 0 aromatic carbocycles. The molecule has 1 aliphatic heterocycles. The highest BCUT2D eigenvalue weighted by molar-refractivity contribution is 7.99. The Morgan fingerprint density at radius 3 is 3.00 bits per heavy atom. The first kappa shape index (κ1) is 15.9.